The molecule has 1 aromatic rings. The Balaban J connectivity index is 2.07. The average molecular weight is 311 g/mol. The standard InChI is InChI=1S/C15H23BrN2/c1-2-13-6-4-3-5-9-18(13)11-12-7-8-15(17)14(16)10-12/h7-8,10,13H,2-6,9,11,17H2,1H3. The number of hydrogen-bond donors (Lipinski definition) is 1. The Hall–Kier alpha value is -0.540. The quantitative estimate of drug-likeness (QED) is 0.848. The van der Waals surface area contributed by atoms with Crippen LogP contribution in [0.25, 0.3) is 0 Å². The molecular formula is C15H23BrN2. The molecule has 1 heterocycles. The van der Waals surface area contributed by atoms with E-state index in [2.05, 4.69) is 39.9 Å². The summed E-state index contributed by atoms with van der Waals surface area (Å²) in [6.45, 7) is 4.60. The second kappa shape index (κ2) is 6.58. The van der Waals surface area contributed by atoms with Crippen LogP contribution in [0.3, 0.4) is 0 Å². The lowest BCUT2D eigenvalue weighted by Crippen LogP contribution is -2.33. The maximum atomic E-state index is 5.84. The molecule has 0 amide bonds. The van der Waals surface area contributed by atoms with Gasteiger partial charge < -0.3 is 5.73 Å². The molecule has 1 fully saturated rings. The Morgan fingerprint density at radius 2 is 2.17 bits per heavy atom. The van der Waals surface area contributed by atoms with Crippen molar-refractivity contribution in [1.82, 2.24) is 4.90 Å². The van der Waals surface area contributed by atoms with Crippen molar-refractivity contribution in [1.29, 1.82) is 0 Å². The van der Waals surface area contributed by atoms with Crippen molar-refractivity contribution in [3.8, 4) is 0 Å². The normalized spacial score (nSPS) is 21.8. The van der Waals surface area contributed by atoms with Crippen molar-refractivity contribution in [2.24, 2.45) is 0 Å². The van der Waals surface area contributed by atoms with Gasteiger partial charge in [0.25, 0.3) is 0 Å². The largest absolute Gasteiger partial charge is 0.398 e. The van der Waals surface area contributed by atoms with E-state index in [-0.39, 0.29) is 0 Å². The molecule has 100 valence electrons. The first-order valence-electron chi connectivity index (χ1n) is 6.98. The molecule has 2 N–H and O–H groups in total. The van der Waals surface area contributed by atoms with Gasteiger partial charge in [-0.1, -0.05) is 25.8 Å². The highest BCUT2D eigenvalue weighted by atomic mass is 79.9. The first kappa shape index (κ1) is 13.9. The minimum Gasteiger partial charge on any atom is -0.398 e. The number of likely N-dealkylation sites (tertiary alicyclic amines) is 1. The third kappa shape index (κ3) is 3.48. The van der Waals surface area contributed by atoms with Gasteiger partial charge in [-0.15, -0.1) is 0 Å². The summed E-state index contributed by atoms with van der Waals surface area (Å²) in [6, 6.07) is 7.06. The van der Waals surface area contributed by atoms with Crippen molar-refractivity contribution in [2.75, 3.05) is 12.3 Å². The third-order valence-electron chi connectivity index (χ3n) is 3.92. The first-order chi connectivity index (χ1) is 8.70. The predicted molar refractivity (Wildman–Crippen MR) is 81.5 cm³/mol. The van der Waals surface area contributed by atoms with Gasteiger partial charge in [-0.25, -0.2) is 0 Å². The summed E-state index contributed by atoms with van der Waals surface area (Å²) in [7, 11) is 0. The van der Waals surface area contributed by atoms with E-state index in [1.807, 2.05) is 6.07 Å². The van der Waals surface area contributed by atoms with Gasteiger partial charge in [0, 0.05) is 22.7 Å². The number of benzene rings is 1. The Bertz CT molecular complexity index is 392. The highest BCUT2D eigenvalue weighted by Gasteiger charge is 2.19. The molecule has 2 rings (SSSR count). The summed E-state index contributed by atoms with van der Waals surface area (Å²) < 4.78 is 1.02. The van der Waals surface area contributed by atoms with Crippen molar-refractivity contribution in [3.05, 3.63) is 28.2 Å². The molecule has 2 nitrogen and oxygen atoms in total. The molecule has 0 saturated carbocycles. The molecule has 0 aromatic heterocycles. The molecule has 0 aliphatic carbocycles. The Labute approximate surface area is 119 Å². The fourth-order valence-electron chi connectivity index (χ4n) is 2.81. The maximum absolute atomic E-state index is 5.84. The number of anilines is 1. The molecule has 1 saturated heterocycles. The lowest BCUT2D eigenvalue weighted by Gasteiger charge is -2.29. The van der Waals surface area contributed by atoms with Crippen LogP contribution in [-0.4, -0.2) is 17.5 Å². The Morgan fingerprint density at radius 1 is 1.33 bits per heavy atom. The molecule has 18 heavy (non-hydrogen) atoms. The highest BCUT2D eigenvalue weighted by Crippen LogP contribution is 2.24. The monoisotopic (exact) mass is 310 g/mol. The topological polar surface area (TPSA) is 29.3 Å². The number of nitrogens with zero attached hydrogens (tertiary/aromatic N) is 1. The second-order valence-electron chi connectivity index (χ2n) is 5.24. The number of nitrogen functional groups attached to an aromatic ring is 1. The van der Waals surface area contributed by atoms with Crippen LogP contribution in [0.1, 0.15) is 44.6 Å². The third-order valence-corrected chi connectivity index (χ3v) is 4.61. The summed E-state index contributed by atoms with van der Waals surface area (Å²) in [5, 5.41) is 0. The summed E-state index contributed by atoms with van der Waals surface area (Å²) in [5.74, 6) is 0. The van der Waals surface area contributed by atoms with Crippen LogP contribution in [0.2, 0.25) is 0 Å². The molecule has 1 aliphatic heterocycles. The SMILES string of the molecule is CCC1CCCCCN1Cc1ccc(N)c(Br)c1. The van der Waals surface area contributed by atoms with Crippen LogP contribution in [0.15, 0.2) is 22.7 Å². The van der Waals surface area contributed by atoms with Gasteiger partial charge in [-0.05, 0) is 59.4 Å². The molecule has 1 aliphatic rings. The van der Waals surface area contributed by atoms with Crippen molar-refractivity contribution in [3.63, 3.8) is 0 Å². The minimum atomic E-state index is 0.754. The first-order valence-corrected chi connectivity index (χ1v) is 7.78. The van der Waals surface area contributed by atoms with E-state index in [0.717, 1.165) is 22.7 Å². The lowest BCUT2D eigenvalue weighted by atomic mass is 10.1. The van der Waals surface area contributed by atoms with Crippen LogP contribution in [0.4, 0.5) is 5.69 Å². The van der Waals surface area contributed by atoms with Crippen molar-refractivity contribution >= 4 is 21.6 Å². The zero-order valence-corrected chi connectivity index (χ0v) is 12.7. The van der Waals surface area contributed by atoms with E-state index >= 15 is 0 Å². The van der Waals surface area contributed by atoms with Gasteiger partial charge in [-0.2, -0.15) is 0 Å². The highest BCUT2D eigenvalue weighted by molar-refractivity contribution is 9.10. The van der Waals surface area contributed by atoms with Gasteiger partial charge >= 0.3 is 0 Å². The summed E-state index contributed by atoms with van der Waals surface area (Å²) >= 11 is 3.51. The van der Waals surface area contributed by atoms with Gasteiger partial charge in [0.05, 0.1) is 0 Å². The number of hydrogen-bond acceptors (Lipinski definition) is 2. The summed E-state index contributed by atoms with van der Waals surface area (Å²) in [6.07, 6.45) is 6.73. The van der Waals surface area contributed by atoms with Gasteiger partial charge in [0.15, 0.2) is 0 Å². The Kier molecular flexibility index (Phi) is 5.07. The van der Waals surface area contributed by atoms with Gasteiger partial charge in [-0.3, -0.25) is 4.90 Å². The fourth-order valence-corrected chi connectivity index (χ4v) is 3.24. The van der Waals surface area contributed by atoms with Crippen LogP contribution in [-0.2, 0) is 6.54 Å². The van der Waals surface area contributed by atoms with E-state index in [1.165, 1.54) is 44.2 Å². The average Bonchev–Trinajstić information content (AvgIpc) is 2.59. The van der Waals surface area contributed by atoms with Gasteiger partial charge in [0.1, 0.15) is 0 Å². The predicted octanol–water partition coefficient (Wildman–Crippen LogP) is 4.19. The zero-order valence-electron chi connectivity index (χ0n) is 11.2. The summed E-state index contributed by atoms with van der Waals surface area (Å²) in [4.78, 5) is 2.64. The van der Waals surface area contributed by atoms with Crippen LogP contribution in [0, 0.1) is 0 Å². The smallest absolute Gasteiger partial charge is 0.0458 e. The molecule has 0 spiro atoms. The molecule has 3 heteroatoms. The van der Waals surface area contributed by atoms with Crippen molar-refractivity contribution < 1.29 is 0 Å². The van der Waals surface area contributed by atoms with Crippen molar-refractivity contribution in [2.45, 2.75) is 51.6 Å². The molecule has 1 unspecified atom stereocenters. The summed E-state index contributed by atoms with van der Waals surface area (Å²) in [5.41, 5.74) is 8.02. The van der Waals surface area contributed by atoms with Crippen LogP contribution < -0.4 is 5.73 Å². The van der Waals surface area contributed by atoms with Crippen LogP contribution >= 0.6 is 15.9 Å². The van der Waals surface area contributed by atoms with Crippen LogP contribution in [0.5, 0.6) is 0 Å². The van der Waals surface area contributed by atoms with E-state index < -0.39 is 0 Å². The maximum Gasteiger partial charge on any atom is 0.0458 e. The zero-order chi connectivity index (χ0) is 13.0. The lowest BCUT2D eigenvalue weighted by molar-refractivity contribution is 0.186. The fraction of sp³-hybridized carbons (Fsp3) is 0.600. The van der Waals surface area contributed by atoms with E-state index in [4.69, 9.17) is 5.73 Å². The molecular weight excluding hydrogens is 288 g/mol. The molecule has 0 bridgehead atoms. The molecule has 1 atom stereocenters. The number of halogens is 1. The van der Waals surface area contributed by atoms with E-state index in [0.29, 0.717) is 0 Å². The number of nitrogens with two attached hydrogens (primary N) is 1. The van der Waals surface area contributed by atoms with E-state index in [9.17, 15) is 0 Å². The minimum absolute atomic E-state index is 0.754. The number of rotatable bonds is 3. The molecule has 0 radical (unpaired) electrons. The Morgan fingerprint density at radius 3 is 2.89 bits per heavy atom. The molecule has 1 aromatic carbocycles. The van der Waals surface area contributed by atoms with Gasteiger partial charge in [0.2, 0.25) is 0 Å². The second-order valence-corrected chi connectivity index (χ2v) is 6.09. The van der Waals surface area contributed by atoms with E-state index in [1.54, 1.807) is 0 Å².